The molecular weight excluding hydrogens is 594 g/mol. The summed E-state index contributed by atoms with van der Waals surface area (Å²) in [6.07, 6.45) is 3.44. The molecule has 2 aromatic heterocycles. The number of tetrazole rings is 1. The van der Waals surface area contributed by atoms with E-state index in [0.29, 0.717) is 24.0 Å². The van der Waals surface area contributed by atoms with Gasteiger partial charge in [-0.2, -0.15) is 5.21 Å². The third-order valence-corrected chi connectivity index (χ3v) is 8.78. The van der Waals surface area contributed by atoms with Gasteiger partial charge in [-0.05, 0) is 96.4 Å². The quantitative estimate of drug-likeness (QED) is 0.193. The second kappa shape index (κ2) is 13.4. The zero-order valence-corrected chi connectivity index (χ0v) is 25.7. The Hall–Kier alpha value is -4.81. The number of carbonyl (C=O) groups is 2. The van der Waals surface area contributed by atoms with E-state index in [4.69, 9.17) is 11.5 Å². The molecule has 2 heterocycles. The number of carbonyl (C=O) groups excluding carboxylic acids is 2. The summed E-state index contributed by atoms with van der Waals surface area (Å²) in [5.41, 5.74) is 17.4. The van der Waals surface area contributed by atoms with Crippen LogP contribution in [0.4, 0.5) is 5.69 Å². The second-order valence-corrected chi connectivity index (χ2v) is 11.5. The minimum Gasteiger partial charge on any atom is -0.368 e. The third kappa shape index (κ3) is 6.52. The van der Waals surface area contributed by atoms with Crippen molar-refractivity contribution in [2.24, 2.45) is 30.4 Å². The standard InChI is InChI=1S/C32H35N9O3.ClH/c1-40-27-17-24(12-15-26(27)35-32(40)44)21-6-2-19(3-7-21)16-28(29(34)42)41(31(43)23-8-4-20(18-33)5-9-23)25-13-10-22(11-14-25)30-36-38-39-37-30;/h2-3,6-7,10-15,17,20,23,28H,4-5,8-9,16,18,33H2,1H3,(H2,34,42)(H,35,44)(H,36,37,38,39);1H/t20-,23-,28-;/m0./s1. The van der Waals surface area contributed by atoms with Gasteiger partial charge in [0.1, 0.15) is 6.04 Å². The highest BCUT2D eigenvalue weighted by Gasteiger charge is 2.36. The molecule has 12 nitrogen and oxygen atoms in total. The highest BCUT2D eigenvalue weighted by Crippen LogP contribution is 2.33. The van der Waals surface area contributed by atoms with Crippen LogP contribution in [0.5, 0.6) is 0 Å². The van der Waals surface area contributed by atoms with Crippen LogP contribution in [0, 0.1) is 11.8 Å². The fourth-order valence-corrected chi connectivity index (χ4v) is 6.14. The monoisotopic (exact) mass is 629 g/mol. The number of anilines is 1. The summed E-state index contributed by atoms with van der Waals surface area (Å²) in [5.74, 6) is -0.0787. The van der Waals surface area contributed by atoms with Gasteiger partial charge in [-0.3, -0.25) is 19.1 Å². The number of benzene rings is 3. The highest BCUT2D eigenvalue weighted by molar-refractivity contribution is 6.01. The molecule has 6 N–H and O–H groups in total. The van der Waals surface area contributed by atoms with Gasteiger partial charge in [-0.25, -0.2) is 4.79 Å². The fraction of sp³-hybridized carbons (Fsp3) is 0.312. The van der Waals surface area contributed by atoms with Crippen molar-refractivity contribution in [3.05, 3.63) is 82.8 Å². The Morgan fingerprint density at radius 1 is 0.978 bits per heavy atom. The van der Waals surface area contributed by atoms with Crippen LogP contribution in [0.1, 0.15) is 31.2 Å². The largest absolute Gasteiger partial charge is 0.368 e. The summed E-state index contributed by atoms with van der Waals surface area (Å²) in [5, 5.41) is 14.1. The molecule has 3 aromatic carbocycles. The number of hydrogen-bond donors (Lipinski definition) is 4. The van der Waals surface area contributed by atoms with Crippen LogP contribution in [0.15, 0.2) is 71.5 Å². The highest BCUT2D eigenvalue weighted by atomic mass is 35.5. The van der Waals surface area contributed by atoms with Gasteiger partial charge < -0.3 is 16.5 Å². The van der Waals surface area contributed by atoms with Gasteiger partial charge in [0.15, 0.2) is 0 Å². The summed E-state index contributed by atoms with van der Waals surface area (Å²) in [4.78, 5) is 43.6. The number of aromatic amines is 2. The maximum atomic E-state index is 14.1. The van der Waals surface area contributed by atoms with Gasteiger partial charge in [0.05, 0.1) is 11.0 Å². The van der Waals surface area contributed by atoms with E-state index in [9.17, 15) is 14.4 Å². The van der Waals surface area contributed by atoms with Gasteiger partial charge in [-0.1, -0.05) is 30.3 Å². The maximum absolute atomic E-state index is 14.1. The summed E-state index contributed by atoms with van der Waals surface area (Å²) in [7, 11) is 1.73. The minimum absolute atomic E-state index is 0. The number of aromatic nitrogens is 6. The van der Waals surface area contributed by atoms with Crippen molar-refractivity contribution in [2.45, 2.75) is 38.1 Å². The number of amides is 2. The fourth-order valence-electron chi connectivity index (χ4n) is 6.14. The minimum atomic E-state index is -0.901. The molecule has 1 fully saturated rings. The first-order chi connectivity index (χ1) is 21.3. The third-order valence-electron chi connectivity index (χ3n) is 8.78. The molecule has 13 heteroatoms. The molecule has 1 saturated carbocycles. The topological polar surface area (TPSA) is 182 Å². The number of nitrogens with zero attached hydrogens (tertiary/aromatic N) is 5. The van der Waals surface area contributed by atoms with Crippen molar-refractivity contribution in [3.63, 3.8) is 0 Å². The van der Waals surface area contributed by atoms with E-state index in [1.54, 1.807) is 40.8 Å². The molecule has 5 aromatic rings. The van der Waals surface area contributed by atoms with Gasteiger partial charge in [0, 0.05) is 30.6 Å². The van der Waals surface area contributed by atoms with E-state index >= 15 is 0 Å². The summed E-state index contributed by atoms with van der Waals surface area (Å²) in [6.45, 7) is 0.610. The Morgan fingerprint density at radius 2 is 1.64 bits per heavy atom. The number of nitrogens with one attached hydrogen (secondary N) is 2. The van der Waals surface area contributed by atoms with Crippen LogP contribution >= 0.6 is 12.4 Å². The summed E-state index contributed by atoms with van der Waals surface area (Å²) >= 11 is 0. The van der Waals surface area contributed by atoms with E-state index in [0.717, 1.165) is 59.0 Å². The molecule has 0 saturated heterocycles. The smallest absolute Gasteiger partial charge is 0.326 e. The maximum Gasteiger partial charge on any atom is 0.326 e. The Labute approximate surface area is 265 Å². The van der Waals surface area contributed by atoms with E-state index in [1.807, 2.05) is 42.5 Å². The predicted molar refractivity (Wildman–Crippen MR) is 175 cm³/mol. The molecule has 234 valence electrons. The van der Waals surface area contributed by atoms with E-state index < -0.39 is 11.9 Å². The van der Waals surface area contributed by atoms with Crippen LogP contribution in [0.2, 0.25) is 0 Å². The molecular formula is C32H36ClN9O3. The number of primary amides is 1. The van der Waals surface area contributed by atoms with Crippen molar-refractivity contribution in [1.82, 2.24) is 30.2 Å². The Morgan fingerprint density at radius 3 is 2.27 bits per heavy atom. The molecule has 2 amide bonds. The van der Waals surface area contributed by atoms with Crippen LogP contribution < -0.4 is 22.1 Å². The number of imidazole rings is 1. The Balaban J connectivity index is 0.00000400. The average molecular weight is 630 g/mol. The van der Waals surface area contributed by atoms with E-state index in [2.05, 4.69) is 25.6 Å². The van der Waals surface area contributed by atoms with Crippen LogP contribution in [-0.4, -0.2) is 54.6 Å². The SMILES string of the molecule is Cl.Cn1c(=O)[nH]c2ccc(-c3ccc(C[C@@H](C(N)=O)N(c4ccc(-c5nn[nH]n5)cc4)C(=O)[C@H]4CC[C@H](CN)CC4)cc3)cc21. The van der Waals surface area contributed by atoms with Crippen LogP contribution in [-0.2, 0) is 23.1 Å². The Kier molecular flexibility index (Phi) is 9.45. The lowest BCUT2D eigenvalue weighted by Gasteiger charge is -2.35. The van der Waals surface area contributed by atoms with Gasteiger partial charge in [-0.15, -0.1) is 22.6 Å². The molecule has 1 aliphatic carbocycles. The number of H-pyrrole nitrogens is 2. The van der Waals surface area contributed by atoms with Gasteiger partial charge in [0.2, 0.25) is 17.6 Å². The number of fused-ring (bicyclic) bond motifs is 1. The van der Waals surface area contributed by atoms with Crippen molar-refractivity contribution in [2.75, 3.05) is 11.4 Å². The molecule has 45 heavy (non-hydrogen) atoms. The number of aryl methyl sites for hydroxylation is 1. The predicted octanol–water partition coefficient (Wildman–Crippen LogP) is 3.33. The molecule has 0 aliphatic heterocycles. The van der Waals surface area contributed by atoms with E-state index in [-0.39, 0.29) is 36.3 Å². The average Bonchev–Trinajstić information content (AvgIpc) is 3.69. The number of hydrogen-bond acceptors (Lipinski definition) is 7. The lowest BCUT2D eigenvalue weighted by Crippen LogP contribution is -2.52. The molecule has 0 bridgehead atoms. The molecule has 0 radical (unpaired) electrons. The van der Waals surface area contributed by atoms with E-state index in [1.165, 1.54) is 0 Å². The van der Waals surface area contributed by atoms with Crippen molar-refractivity contribution in [1.29, 1.82) is 0 Å². The van der Waals surface area contributed by atoms with Crippen LogP contribution in [0.3, 0.4) is 0 Å². The van der Waals surface area contributed by atoms with Crippen molar-refractivity contribution in [3.8, 4) is 22.5 Å². The van der Waals surface area contributed by atoms with Crippen LogP contribution in [0.25, 0.3) is 33.5 Å². The zero-order valence-electron chi connectivity index (χ0n) is 24.8. The number of rotatable bonds is 9. The molecule has 1 atom stereocenters. The second-order valence-electron chi connectivity index (χ2n) is 11.5. The molecule has 1 aliphatic rings. The lowest BCUT2D eigenvalue weighted by atomic mass is 9.81. The molecule has 6 rings (SSSR count). The summed E-state index contributed by atoms with van der Waals surface area (Å²) in [6, 6.07) is 19.9. The summed E-state index contributed by atoms with van der Waals surface area (Å²) < 4.78 is 1.58. The zero-order chi connectivity index (χ0) is 30.8. The molecule has 0 spiro atoms. The molecule has 0 unspecified atom stereocenters. The number of halogens is 1. The first-order valence-corrected chi connectivity index (χ1v) is 14.8. The normalized spacial score (nSPS) is 17.0. The Bertz CT molecular complexity index is 1820. The van der Waals surface area contributed by atoms with Gasteiger partial charge >= 0.3 is 5.69 Å². The van der Waals surface area contributed by atoms with Crippen molar-refractivity contribution >= 4 is 40.9 Å². The van der Waals surface area contributed by atoms with Crippen molar-refractivity contribution < 1.29 is 9.59 Å². The first-order valence-electron chi connectivity index (χ1n) is 14.8. The lowest BCUT2D eigenvalue weighted by molar-refractivity contribution is -0.127. The van der Waals surface area contributed by atoms with Gasteiger partial charge in [0.25, 0.3) is 0 Å². The number of nitrogens with two attached hydrogens (primary N) is 2. The first kappa shape index (κ1) is 31.6.